The van der Waals surface area contributed by atoms with Crippen LogP contribution < -0.4 is 10.1 Å². The van der Waals surface area contributed by atoms with Gasteiger partial charge in [0.25, 0.3) is 0 Å². The number of fused-ring (bicyclic) bond motifs is 1. The first-order valence-electron chi connectivity index (χ1n) is 7.55. The van der Waals surface area contributed by atoms with E-state index in [1.165, 1.54) is 43.4 Å². The second-order valence-corrected chi connectivity index (χ2v) is 7.02. The number of rotatable bonds is 1. The summed E-state index contributed by atoms with van der Waals surface area (Å²) < 4.78 is 5.71. The second-order valence-electron chi connectivity index (χ2n) is 6.05. The third-order valence-electron chi connectivity index (χ3n) is 4.62. The fourth-order valence-corrected chi connectivity index (χ4v) is 4.73. The van der Waals surface area contributed by atoms with E-state index in [0.29, 0.717) is 12.1 Å². The average Bonchev–Trinajstić information content (AvgIpc) is 3.06. The predicted molar refractivity (Wildman–Crippen MR) is 83.5 cm³/mol. The fraction of sp³-hybridized carbons (Fsp3) is 0.562. The summed E-state index contributed by atoms with van der Waals surface area (Å²) >= 11 is 1.89. The number of aliphatic imine (C=N–C) groups is 1. The lowest BCUT2D eigenvalue weighted by atomic mass is 9.83. The molecule has 1 saturated heterocycles. The number of nitrogens with zero attached hydrogens (tertiary/aromatic N) is 1. The van der Waals surface area contributed by atoms with Crippen molar-refractivity contribution in [1.29, 1.82) is 0 Å². The van der Waals surface area contributed by atoms with Crippen LogP contribution in [0.1, 0.15) is 43.7 Å². The van der Waals surface area contributed by atoms with Crippen LogP contribution in [0.3, 0.4) is 0 Å². The molecule has 1 N–H and O–H groups in total. The van der Waals surface area contributed by atoms with Crippen molar-refractivity contribution in [2.45, 2.75) is 43.7 Å². The Hall–Kier alpha value is -1.16. The Morgan fingerprint density at radius 1 is 1.20 bits per heavy atom. The monoisotopic (exact) mass is 288 g/mol. The molecule has 1 spiro atoms. The Balaban J connectivity index is 1.52. The first-order chi connectivity index (χ1) is 9.85. The minimum absolute atomic E-state index is 0.167. The zero-order chi connectivity index (χ0) is 13.4. The molecule has 1 aliphatic carbocycles. The first kappa shape index (κ1) is 12.6. The minimum atomic E-state index is 0.167. The average molecular weight is 288 g/mol. The van der Waals surface area contributed by atoms with Gasteiger partial charge in [-0.25, -0.2) is 0 Å². The topological polar surface area (TPSA) is 33.6 Å². The summed E-state index contributed by atoms with van der Waals surface area (Å²) in [5.74, 6) is 2.18. The van der Waals surface area contributed by atoms with Gasteiger partial charge in [0.05, 0.1) is 0 Å². The van der Waals surface area contributed by atoms with E-state index < -0.39 is 0 Å². The van der Waals surface area contributed by atoms with Crippen LogP contribution in [0.25, 0.3) is 0 Å². The number of nitrogens with one attached hydrogen (secondary N) is 1. The zero-order valence-electron chi connectivity index (χ0n) is 11.6. The highest BCUT2D eigenvalue weighted by molar-refractivity contribution is 8.14. The Morgan fingerprint density at radius 2 is 2.05 bits per heavy atom. The van der Waals surface area contributed by atoms with Crippen molar-refractivity contribution >= 4 is 16.9 Å². The Labute approximate surface area is 124 Å². The van der Waals surface area contributed by atoms with Crippen molar-refractivity contribution in [2.75, 3.05) is 12.4 Å². The number of thioether (sulfide) groups is 1. The van der Waals surface area contributed by atoms with Crippen LogP contribution in [0, 0.1) is 0 Å². The van der Waals surface area contributed by atoms with E-state index >= 15 is 0 Å². The van der Waals surface area contributed by atoms with Crippen LogP contribution in [-0.2, 0) is 0 Å². The van der Waals surface area contributed by atoms with Gasteiger partial charge >= 0.3 is 0 Å². The summed E-state index contributed by atoms with van der Waals surface area (Å²) in [6, 6.07) is 8.42. The summed E-state index contributed by atoms with van der Waals surface area (Å²) in [6.45, 7) is 0.679. The van der Waals surface area contributed by atoms with Crippen molar-refractivity contribution in [3.63, 3.8) is 0 Å². The lowest BCUT2D eigenvalue weighted by Crippen LogP contribution is -2.45. The summed E-state index contributed by atoms with van der Waals surface area (Å²) in [4.78, 5) is 4.91. The van der Waals surface area contributed by atoms with E-state index in [0.717, 1.165) is 10.9 Å². The maximum absolute atomic E-state index is 5.71. The molecule has 1 atom stereocenters. The number of benzene rings is 1. The molecule has 106 valence electrons. The standard InChI is InChI=1S/C16H20N2OS/c1-4-8-16(9-5-1)11-20-15(18-16)17-13-10-19-14-7-3-2-6-12(13)14/h2-3,6-7,13H,1,4-5,8-11H2,(H,17,18). The molecule has 2 aliphatic heterocycles. The van der Waals surface area contributed by atoms with Gasteiger partial charge in [-0.05, 0) is 18.9 Å². The van der Waals surface area contributed by atoms with Gasteiger partial charge in [-0.3, -0.25) is 4.99 Å². The van der Waals surface area contributed by atoms with Crippen molar-refractivity contribution in [1.82, 2.24) is 5.32 Å². The fourth-order valence-electron chi connectivity index (χ4n) is 3.47. The molecule has 2 fully saturated rings. The summed E-state index contributed by atoms with van der Waals surface area (Å²) in [7, 11) is 0. The maximum Gasteiger partial charge on any atom is 0.157 e. The maximum atomic E-state index is 5.71. The molecule has 4 heteroatoms. The van der Waals surface area contributed by atoms with E-state index in [4.69, 9.17) is 9.73 Å². The highest BCUT2D eigenvalue weighted by Crippen LogP contribution is 2.39. The summed E-state index contributed by atoms with van der Waals surface area (Å²) in [5.41, 5.74) is 1.56. The van der Waals surface area contributed by atoms with Crippen LogP contribution >= 0.6 is 11.8 Å². The molecule has 1 unspecified atom stereocenters. The molecule has 2 heterocycles. The van der Waals surface area contributed by atoms with Gasteiger partial charge in [0, 0.05) is 16.9 Å². The molecule has 1 aromatic carbocycles. The van der Waals surface area contributed by atoms with Gasteiger partial charge in [0.15, 0.2) is 5.17 Å². The molecule has 0 radical (unpaired) electrons. The third-order valence-corrected chi connectivity index (χ3v) is 5.79. The molecule has 3 nitrogen and oxygen atoms in total. The van der Waals surface area contributed by atoms with Crippen molar-refractivity contribution in [2.24, 2.45) is 4.99 Å². The van der Waals surface area contributed by atoms with Gasteiger partial charge in [-0.1, -0.05) is 49.2 Å². The zero-order valence-corrected chi connectivity index (χ0v) is 12.4. The number of amidine groups is 1. The number of hydrogen-bond acceptors (Lipinski definition) is 3. The quantitative estimate of drug-likeness (QED) is 0.858. The number of para-hydroxylation sites is 1. The van der Waals surface area contributed by atoms with E-state index in [1.807, 2.05) is 23.9 Å². The molecule has 0 amide bonds. The van der Waals surface area contributed by atoms with Crippen LogP contribution in [0.5, 0.6) is 5.75 Å². The van der Waals surface area contributed by atoms with Crippen LogP contribution in [-0.4, -0.2) is 23.1 Å². The van der Waals surface area contributed by atoms with Crippen molar-refractivity contribution in [3.05, 3.63) is 29.8 Å². The lowest BCUT2D eigenvalue weighted by Gasteiger charge is -2.32. The smallest absolute Gasteiger partial charge is 0.157 e. The van der Waals surface area contributed by atoms with Crippen molar-refractivity contribution in [3.8, 4) is 5.75 Å². The molecule has 3 aliphatic rings. The molecule has 4 rings (SSSR count). The largest absolute Gasteiger partial charge is 0.491 e. The molecule has 1 saturated carbocycles. The second kappa shape index (κ2) is 4.99. The lowest BCUT2D eigenvalue weighted by molar-refractivity contribution is 0.302. The molecule has 1 aromatic rings. The predicted octanol–water partition coefficient (Wildman–Crippen LogP) is 3.52. The highest BCUT2D eigenvalue weighted by Gasteiger charge is 2.38. The summed E-state index contributed by atoms with van der Waals surface area (Å²) in [6.07, 6.45) is 6.71. The van der Waals surface area contributed by atoms with Gasteiger partial charge in [0.2, 0.25) is 0 Å². The Kier molecular flexibility index (Phi) is 3.14. The Bertz CT molecular complexity index is 537. The Morgan fingerprint density at radius 3 is 2.95 bits per heavy atom. The normalized spacial score (nSPS) is 29.2. The van der Waals surface area contributed by atoms with E-state index in [-0.39, 0.29) is 6.04 Å². The van der Waals surface area contributed by atoms with E-state index in [1.54, 1.807) is 0 Å². The van der Waals surface area contributed by atoms with Crippen LogP contribution in [0.4, 0.5) is 0 Å². The number of hydrogen-bond donors (Lipinski definition) is 1. The van der Waals surface area contributed by atoms with E-state index in [2.05, 4.69) is 17.4 Å². The van der Waals surface area contributed by atoms with E-state index in [9.17, 15) is 0 Å². The molecular formula is C16H20N2OS. The highest BCUT2D eigenvalue weighted by atomic mass is 32.2. The van der Waals surface area contributed by atoms with Gasteiger partial charge in [-0.15, -0.1) is 0 Å². The minimum Gasteiger partial charge on any atom is -0.491 e. The first-order valence-corrected chi connectivity index (χ1v) is 8.54. The molecule has 0 bridgehead atoms. The van der Waals surface area contributed by atoms with Gasteiger partial charge in [-0.2, -0.15) is 0 Å². The van der Waals surface area contributed by atoms with Crippen LogP contribution in [0.15, 0.2) is 29.3 Å². The molecule has 0 aromatic heterocycles. The summed E-state index contributed by atoms with van der Waals surface area (Å²) in [5, 5.41) is 4.84. The SMILES string of the molecule is c1ccc2c(c1)OCC2N=C1NC2(CCCCC2)CS1. The van der Waals surface area contributed by atoms with Crippen molar-refractivity contribution < 1.29 is 4.74 Å². The van der Waals surface area contributed by atoms with Gasteiger partial charge < -0.3 is 10.1 Å². The molecule has 20 heavy (non-hydrogen) atoms. The third kappa shape index (κ3) is 2.20. The van der Waals surface area contributed by atoms with Crippen LogP contribution in [0.2, 0.25) is 0 Å². The molecular weight excluding hydrogens is 268 g/mol. The number of ether oxygens (including phenoxy) is 1. The van der Waals surface area contributed by atoms with Gasteiger partial charge in [0.1, 0.15) is 18.4 Å².